The smallest absolute Gasteiger partial charge is 0.318 e. The second-order valence-corrected chi connectivity index (χ2v) is 2.62. The summed E-state index contributed by atoms with van der Waals surface area (Å²) < 4.78 is 4.64. The fraction of sp³-hybridized carbons (Fsp3) is 0.667. The zero-order valence-electron chi connectivity index (χ0n) is 5.58. The standard InChI is InChI=1S/C6H9N3O/c7-6-8-5(9-10-6)4-2-1-3-4/h4H,1-3H2,(H2,7,8,9). The third kappa shape index (κ3) is 0.761. The Morgan fingerprint density at radius 2 is 2.30 bits per heavy atom. The van der Waals surface area contributed by atoms with Crippen LogP contribution in [0.1, 0.15) is 31.0 Å². The molecule has 0 radical (unpaired) electrons. The van der Waals surface area contributed by atoms with E-state index in [2.05, 4.69) is 14.7 Å². The third-order valence-electron chi connectivity index (χ3n) is 1.93. The van der Waals surface area contributed by atoms with E-state index in [0.717, 1.165) is 5.82 Å². The molecule has 0 amide bonds. The zero-order valence-corrected chi connectivity index (χ0v) is 5.58. The molecule has 0 bridgehead atoms. The molecule has 0 atom stereocenters. The monoisotopic (exact) mass is 139 g/mol. The molecule has 1 heterocycles. The molecular formula is C6H9N3O. The summed E-state index contributed by atoms with van der Waals surface area (Å²) in [5.41, 5.74) is 5.25. The van der Waals surface area contributed by atoms with Crippen molar-refractivity contribution < 1.29 is 4.52 Å². The lowest BCUT2D eigenvalue weighted by molar-refractivity contribution is 0.367. The fourth-order valence-electron chi connectivity index (χ4n) is 1.08. The molecular weight excluding hydrogens is 130 g/mol. The van der Waals surface area contributed by atoms with Gasteiger partial charge in [-0.1, -0.05) is 11.6 Å². The summed E-state index contributed by atoms with van der Waals surface area (Å²) in [6.07, 6.45) is 3.64. The quantitative estimate of drug-likeness (QED) is 0.628. The Bertz CT molecular complexity index is 229. The lowest BCUT2D eigenvalue weighted by Crippen LogP contribution is -2.10. The van der Waals surface area contributed by atoms with E-state index in [0.29, 0.717) is 5.92 Å². The van der Waals surface area contributed by atoms with Crippen molar-refractivity contribution in [1.82, 2.24) is 10.1 Å². The molecule has 0 saturated heterocycles. The van der Waals surface area contributed by atoms with Crippen LogP contribution in [0.25, 0.3) is 0 Å². The lowest BCUT2D eigenvalue weighted by atomic mass is 9.85. The van der Waals surface area contributed by atoms with Gasteiger partial charge in [-0.05, 0) is 12.8 Å². The van der Waals surface area contributed by atoms with E-state index in [1.54, 1.807) is 0 Å². The Morgan fingerprint density at radius 1 is 1.50 bits per heavy atom. The van der Waals surface area contributed by atoms with Gasteiger partial charge in [0.2, 0.25) is 0 Å². The minimum Gasteiger partial charge on any atom is -0.351 e. The summed E-state index contributed by atoms with van der Waals surface area (Å²) in [5.74, 6) is 1.30. The first kappa shape index (κ1) is 5.70. The molecule has 0 aromatic carbocycles. The molecule has 1 aliphatic rings. The number of nitrogen functional groups attached to an aromatic ring is 1. The Labute approximate surface area is 58.4 Å². The van der Waals surface area contributed by atoms with Gasteiger partial charge in [0.1, 0.15) is 0 Å². The number of nitrogens with two attached hydrogens (primary N) is 1. The maximum absolute atomic E-state index is 5.25. The third-order valence-corrected chi connectivity index (χ3v) is 1.93. The number of aromatic nitrogens is 2. The van der Waals surface area contributed by atoms with E-state index in [9.17, 15) is 0 Å². The van der Waals surface area contributed by atoms with Crippen molar-refractivity contribution in [3.05, 3.63) is 5.82 Å². The van der Waals surface area contributed by atoms with Crippen molar-refractivity contribution in [2.45, 2.75) is 25.2 Å². The topological polar surface area (TPSA) is 64.9 Å². The van der Waals surface area contributed by atoms with Crippen molar-refractivity contribution in [2.24, 2.45) is 0 Å². The SMILES string of the molecule is Nc1nc(C2CCC2)no1. The molecule has 4 nitrogen and oxygen atoms in total. The molecule has 0 aliphatic heterocycles. The largest absolute Gasteiger partial charge is 0.351 e. The van der Waals surface area contributed by atoms with Crippen LogP contribution in [0.2, 0.25) is 0 Å². The van der Waals surface area contributed by atoms with Crippen molar-refractivity contribution in [3.8, 4) is 0 Å². The highest BCUT2D eigenvalue weighted by molar-refractivity contribution is 5.11. The van der Waals surface area contributed by atoms with Gasteiger partial charge in [0.25, 0.3) is 0 Å². The highest BCUT2D eigenvalue weighted by atomic mass is 16.5. The van der Waals surface area contributed by atoms with Crippen LogP contribution in [0.15, 0.2) is 4.52 Å². The molecule has 1 aromatic rings. The highest BCUT2D eigenvalue weighted by Crippen LogP contribution is 2.34. The molecule has 2 rings (SSSR count). The first-order valence-corrected chi connectivity index (χ1v) is 3.45. The van der Waals surface area contributed by atoms with Gasteiger partial charge >= 0.3 is 6.01 Å². The highest BCUT2D eigenvalue weighted by Gasteiger charge is 2.23. The van der Waals surface area contributed by atoms with Gasteiger partial charge in [0, 0.05) is 5.92 Å². The van der Waals surface area contributed by atoms with Gasteiger partial charge in [-0.3, -0.25) is 0 Å². The number of rotatable bonds is 1. The van der Waals surface area contributed by atoms with Crippen LogP contribution in [0.3, 0.4) is 0 Å². The second-order valence-electron chi connectivity index (χ2n) is 2.62. The average molecular weight is 139 g/mol. The summed E-state index contributed by atoms with van der Waals surface area (Å²) in [4.78, 5) is 3.93. The Hall–Kier alpha value is -1.06. The normalized spacial score (nSPS) is 18.8. The number of anilines is 1. The molecule has 10 heavy (non-hydrogen) atoms. The predicted octanol–water partition coefficient (Wildman–Crippen LogP) is 0.919. The van der Waals surface area contributed by atoms with E-state index in [4.69, 9.17) is 5.73 Å². The van der Waals surface area contributed by atoms with E-state index < -0.39 is 0 Å². The molecule has 54 valence electrons. The summed E-state index contributed by atoms with van der Waals surface area (Å²) >= 11 is 0. The number of nitrogens with zero attached hydrogens (tertiary/aromatic N) is 2. The Morgan fingerprint density at radius 3 is 2.70 bits per heavy atom. The molecule has 1 aromatic heterocycles. The van der Waals surface area contributed by atoms with Crippen LogP contribution >= 0.6 is 0 Å². The van der Waals surface area contributed by atoms with Gasteiger partial charge in [0.15, 0.2) is 5.82 Å². The summed E-state index contributed by atoms with van der Waals surface area (Å²) in [6, 6.07) is 0.182. The van der Waals surface area contributed by atoms with Crippen molar-refractivity contribution in [1.29, 1.82) is 0 Å². The van der Waals surface area contributed by atoms with Gasteiger partial charge in [-0.25, -0.2) is 0 Å². The van der Waals surface area contributed by atoms with Gasteiger partial charge in [-0.15, -0.1) is 0 Å². The molecule has 0 unspecified atom stereocenters. The minimum atomic E-state index is 0.182. The maximum atomic E-state index is 5.25. The van der Waals surface area contributed by atoms with E-state index in [1.807, 2.05) is 0 Å². The summed E-state index contributed by atoms with van der Waals surface area (Å²) in [6.45, 7) is 0. The predicted molar refractivity (Wildman–Crippen MR) is 35.3 cm³/mol. The maximum Gasteiger partial charge on any atom is 0.318 e. The molecule has 1 saturated carbocycles. The average Bonchev–Trinajstić information content (AvgIpc) is 2.10. The Kier molecular flexibility index (Phi) is 1.12. The van der Waals surface area contributed by atoms with Crippen LogP contribution in [0.5, 0.6) is 0 Å². The Balaban J connectivity index is 2.17. The van der Waals surface area contributed by atoms with Crippen LogP contribution in [-0.4, -0.2) is 10.1 Å². The number of hydrogen-bond donors (Lipinski definition) is 1. The molecule has 2 N–H and O–H groups in total. The van der Waals surface area contributed by atoms with E-state index in [-0.39, 0.29) is 6.01 Å². The molecule has 4 heteroatoms. The van der Waals surface area contributed by atoms with Gasteiger partial charge < -0.3 is 10.3 Å². The van der Waals surface area contributed by atoms with Gasteiger partial charge in [-0.2, -0.15) is 4.98 Å². The van der Waals surface area contributed by atoms with E-state index >= 15 is 0 Å². The van der Waals surface area contributed by atoms with Crippen LogP contribution in [0.4, 0.5) is 6.01 Å². The second kappa shape index (κ2) is 1.97. The zero-order chi connectivity index (χ0) is 6.97. The molecule has 1 fully saturated rings. The van der Waals surface area contributed by atoms with Crippen LogP contribution in [-0.2, 0) is 0 Å². The summed E-state index contributed by atoms with van der Waals surface area (Å²) in [5, 5.41) is 3.73. The van der Waals surface area contributed by atoms with Crippen molar-refractivity contribution in [2.75, 3.05) is 5.73 Å². The van der Waals surface area contributed by atoms with Crippen molar-refractivity contribution >= 4 is 6.01 Å². The first-order valence-electron chi connectivity index (χ1n) is 3.45. The lowest BCUT2D eigenvalue weighted by Gasteiger charge is -2.20. The molecule has 1 aliphatic carbocycles. The first-order chi connectivity index (χ1) is 4.86. The van der Waals surface area contributed by atoms with Gasteiger partial charge in [0.05, 0.1) is 0 Å². The van der Waals surface area contributed by atoms with E-state index in [1.165, 1.54) is 19.3 Å². The summed E-state index contributed by atoms with van der Waals surface area (Å²) in [7, 11) is 0. The minimum absolute atomic E-state index is 0.182. The number of hydrogen-bond acceptors (Lipinski definition) is 4. The van der Waals surface area contributed by atoms with Crippen LogP contribution < -0.4 is 5.73 Å². The fourth-order valence-corrected chi connectivity index (χ4v) is 1.08. The molecule has 0 spiro atoms. The van der Waals surface area contributed by atoms with Crippen LogP contribution in [0, 0.1) is 0 Å². The van der Waals surface area contributed by atoms with Crippen molar-refractivity contribution in [3.63, 3.8) is 0 Å².